The fraction of sp³-hybridized carbons (Fsp3) is 0.111. The number of nitrogen functional groups attached to an aromatic ring is 1. The maximum atomic E-state index is 11.9. The van der Waals surface area contributed by atoms with E-state index in [0.29, 0.717) is 16.4 Å². The van der Waals surface area contributed by atoms with Crippen molar-refractivity contribution in [3.05, 3.63) is 69.9 Å². The van der Waals surface area contributed by atoms with Crippen molar-refractivity contribution in [2.45, 2.75) is 13.8 Å². The van der Waals surface area contributed by atoms with E-state index >= 15 is 0 Å². The number of anilines is 1. The van der Waals surface area contributed by atoms with Gasteiger partial charge in [0.25, 0.3) is 0 Å². The molecule has 0 spiro atoms. The minimum Gasteiger partial charge on any atom is -0.399 e. The summed E-state index contributed by atoms with van der Waals surface area (Å²) in [6, 6.07) is 13.0. The van der Waals surface area contributed by atoms with E-state index in [1.54, 1.807) is 0 Å². The normalized spacial score (nSPS) is 13.8. The molecule has 0 saturated carbocycles. The molecule has 5 heteroatoms. The number of hydrogen-bond donors (Lipinski definition) is 1. The average Bonchev–Trinajstić information content (AvgIpc) is 2.64. The standard InChI is InChI=1S/C18H16ClN3O/c1-11-9-14-10-15(19)5-8-17(14)18(21-22(11)12(2)23)13-3-6-16(20)7-4-13/h3-10H,20H2,1-2H3. The van der Waals surface area contributed by atoms with E-state index in [2.05, 4.69) is 5.10 Å². The molecule has 1 amide bonds. The molecule has 0 fully saturated rings. The van der Waals surface area contributed by atoms with Crippen molar-refractivity contribution in [1.29, 1.82) is 0 Å². The number of hydrogen-bond acceptors (Lipinski definition) is 3. The second-order valence-corrected chi connectivity index (χ2v) is 5.86. The van der Waals surface area contributed by atoms with E-state index in [4.69, 9.17) is 17.3 Å². The summed E-state index contributed by atoms with van der Waals surface area (Å²) >= 11 is 6.12. The largest absolute Gasteiger partial charge is 0.399 e. The van der Waals surface area contributed by atoms with Gasteiger partial charge in [-0.25, -0.2) is 5.01 Å². The molecule has 0 bridgehead atoms. The third-order valence-electron chi connectivity index (χ3n) is 3.65. The third kappa shape index (κ3) is 2.98. The molecular formula is C18H16ClN3O. The number of nitrogens with two attached hydrogens (primary N) is 1. The lowest BCUT2D eigenvalue weighted by Gasteiger charge is -2.16. The molecule has 3 rings (SSSR count). The minimum atomic E-state index is -0.148. The SMILES string of the molecule is CC(=O)N1N=C(c2ccc(N)cc2)c2ccc(Cl)cc2C=C1C. The van der Waals surface area contributed by atoms with Gasteiger partial charge in [0.1, 0.15) is 0 Å². The number of carbonyl (C=O) groups excluding carboxylic acids is 1. The number of benzene rings is 2. The van der Waals surface area contributed by atoms with Crippen LogP contribution in [0.3, 0.4) is 0 Å². The third-order valence-corrected chi connectivity index (χ3v) is 3.88. The maximum absolute atomic E-state index is 11.9. The maximum Gasteiger partial charge on any atom is 0.243 e. The number of amides is 1. The smallest absolute Gasteiger partial charge is 0.243 e. The Hall–Kier alpha value is -2.59. The van der Waals surface area contributed by atoms with Gasteiger partial charge in [0.15, 0.2) is 0 Å². The van der Waals surface area contributed by atoms with Crippen molar-refractivity contribution in [2.75, 3.05) is 5.73 Å². The predicted octanol–water partition coefficient (Wildman–Crippen LogP) is 3.90. The van der Waals surface area contributed by atoms with Crippen LogP contribution in [0.25, 0.3) is 6.08 Å². The second kappa shape index (κ2) is 5.89. The fourth-order valence-corrected chi connectivity index (χ4v) is 2.74. The van der Waals surface area contributed by atoms with Gasteiger partial charge >= 0.3 is 0 Å². The van der Waals surface area contributed by atoms with Crippen LogP contribution in [0.2, 0.25) is 5.02 Å². The summed E-state index contributed by atoms with van der Waals surface area (Å²) in [7, 11) is 0. The number of carbonyl (C=O) groups is 1. The van der Waals surface area contributed by atoms with Gasteiger partial charge in [-0.3, -0.25) is 4.79 Å². The van der Waals surface area contributed by atoms with Crippen LogP contribution >= 0.6 is 11.6 Å². The number of nitrogens with zero attached hydrogens (tertiary/aromatic N) is 2. The van der Waals surface area contributed by atoms with Crippen LogP contribution in [-0.2, 0) is 4.79 Å². The van der Waals surface area contributed by atoms with E-state index in [1.807, 2.05) is 55.5 Å². The lowest BCUT2D eigenvalue weighted by molar-refractivity contribution is -0.126. The summed E-state index contributed by atoms with van der Waals surface area (Å²) in [5.74, 6) is -0.148. The van der Waals surface area contributed by atoms with Gasteiger partial charge in [0, 0.05) is 34.5 Å². The predicted molar refractivity (Wildman–Crippen MR) is 94.1 cm³/mol. The molecule has 1 heterocycles. The summed E-state index contributed by atoms with van der Waals surface area (Å²) in [6.07, 6.45) is 1.91. The summed E-state index contributed by atoms with van der Waals surface area (Å²) in [6.45, 7) is 3.34. The number of halogens is 1. The zero-order valence-corrected chi connectivity index (χ0v) is 13.6. The highest BCUT2D eigenvalue weighted by molar-refractivity contribution is 6.31. The molecule has 0 aromatic heterocycles. The Kier molecular flexibility index (Phi) is 3.92. The Morgan fingerprint density at radius 2 is 1.87 bits per heavy atom. The first-order valence-electron chi connectivity index (χ1n) is 7.19. The lowest BCUT2D eigenvalue weighted by atomic mass is 9.97. The van der Waals surface area contributed by atoms with E-state index in [0.717, 1.165) is 22.4 Å². The highest BCUT2D eigenvalue weighted by Crippen LogP contribution is 2.27. The van der Waals surface area contributed by atoms with Gasteiger partial charge in [-0.1, -0.05) is 29.8 Å². The number of allylic oxidation sites excluding steroid dienone is 1. The van der Waals surface area contributed by atoms with Crippen molar-refractivity contribution in [1.82, 2.24) is 5.01 Å². The van der Waals surface area contributed by atoms with Gasteiger partial charge in [-0.15, -0.1) is 0 Å². The molecule has 2 N–H and O–H groups in total. The Bertz CT molecular complexity index is 838. The van der Waals surface area contributed by atoms with Crippen LogP contribution in [0.1, 0.15) is 30.5 Å². The van der Waals surface area contributed by atoms with E-state index < -0.39 is 0 Å². The summed E-state index contributed by atoms with van der Waals surface area (Å²) < 4.78 is 0. The molecule has 0 unspecified atom stereocenters. The van der Waals surface area contributed by atoms with Crippen LogP contribution in [-0.4, -0.2) is 16.6 Å². The Labute approximate surface area is 139 Å². The first-order valence-corrected chi connectivity index (χ1v) is 7.57. The molecule has 0 saturated heterocycles. The van der Waals surface area contributed by atoms with Crippen LogP contribution < -0.4 is 5.73 Å². The summed E-state index contributed by atoms with van der Waals surface area (Å²) in [5.41, 5.74) is 10.6. The van der Waals surface area contributed by atoms with Crippen molar-refractivity contribution in [3.8, 4) is 0 Å². The average molecular weight is 326 g/mol. The quantitative estimate of drug-likeness (QED) is 0.808. The first-order chi connectivity index (χ1) is 11.0. The van der Waals surface area contributed by atoms with Crippen molar-refractivity contribution in [3.63, 3.8) is 0 Å². The molecule has 1 aliphatic heterocycles. The van der Waals surface area contributed by atoms with Crippen molar-refractivity contribution >= 4 is 35.0 Å². The van der Waals surface area contributed by atoms with Gasteiger partial charge in [0.2, 0.25) is 5.91 Å². The Balaban J connectivity index is 2.25. The molecule has 0 aliphatic carbocycles. The topological polar surface area (TPSA) is 58.7 Å². The van der Waals surface area contributed by atoms with Gasteiger partial charge < -0.3 is 5.73 Å². The highest BCUT2D eigenvalue weighted by Gasteiger charge is 2.20. The number of rotatable bonds is 1. The van der Waals surface area contributed by atoms with Crippen LogP contribution in [0, 0.1) is 0 Å². The molecular weight excluding hydrogens is 310 g/mol. The summed E-state index contributed by atoms with van der Waals surface area (Å²) in [5, 5.41) is 6.62. The first kappa shape index (κ1) is 15.3. The molecule has 0 radical (unpaired) electrons. The summed E-state index contributed by atoms with van der Waals surface area (Å²) in [4.78, 5) is 11.9. The molecule has 1 aliphatic rings. The van der Waals surface area contributed by atoms with E-state index in [1.165, 1.54) is 11.9 Å². The van der Waals surface area contributed by atoms with Crippen LogP contribution in [0.5, 0.6) is 0 Å². The molecule has 116 valence electrons. The minimum absolute atomic E-state index is 0.148. The highest BCUT2D eigenvalue weighted by atomic mass is 35.5. The van der Waals surface area contributed by atoms with Crippen LogP contribution in [0.4, 0.5) is 5.69 Å². The van der Waals surface area contributed by atoms with Crippen LogP contribution in [0.15, 0.2) is 53.3 Å². The van der Waals surface area contributed by atoms with E-state index in [-0.39, 0.29) is 5.91 Å². The van der Waals surface area contributed by atoms with E-state index in [9.17, 15) is 4.79 Å². The second-order valence-electron chi connectivity index (χ2n) is 5.42. The molecule has 23 heavy (non-hydrogen) atoms. The number of hydrazone groups is 1. The Morgan fingerprint density at radius 1 is 1.17 bits per heavy atom. The van der Waals surface area contributed by atoms with Crippen molar-refractivity contribution < 1.29 is 4.79 Å². The fourth-order valence-electron chi connectivity index (χ4n) is 2.56. The van der Waals surface area contributed by atoms with Gasteiger partial charge in [0.05, 0.1) is 5.71 Å². The zero-order valence-electron chi connectivity index (χ0n) is 12.9. The number of fused-ring (bicyclic) bond motifs is 1. The Morgan fingerprint density at radius 3 is 2.52 bits per heavy atom. The van der Waals surface area contributed by atoms with Crippen molar-refractivity contribution in [2.24, 2.45) is 5.10 Å². The molecule has 0 atom stereocenters. The molecule has 4 nitrogen and oxygen atoms in total. The molecule has 2 aromatic carbocycles. The van der Waals surface area contributed by atoms with Gasteiger partial charge in [-0.2, -0.15) is 5.10 Å². The lowest BCUT2D eigenvalue weighted by Crippen LogP contribution is -2.22. The molecule has 2 aromatic rings. The zero-order chi connectivity index (χ0) is 16.6. The monoisotopic (exact) mass is 325 g/mol. The van der Waals surface area contributed by atoms with Gasteiger partial charge in [-0.05, 0) is 42.8 Å².